The van der Waals surface area contributed by atoms with Gasteiger partial charge in [-0.05, 0) is 13.1 Å². The quantitative estimate of drug-likeness (QED) is 0.843. The van der Waals surface area contributed by atoms with Crippen LogP contribution in [0.15, 0.2) is 5.38 Å². The van der Waals surface area contributed by atoms with Gasteiger partial charge in [0.2, 0.25) is 0 Å². The largest absolute Gasteiger partial charge is 0.330 e. The van der Waals surface area contributed by atoms with Crippen LogP contribution in [0, 0.1) is 0 Å². The van der Waals surface area contributed by atoms with Gasteiger partial charge in [-0.25, -0.2) is 4.98 Å². The fraction of sp³-hybridized carbons (Fsp3) is 0.750. The first-order valence-electron chi connectivity index (χ1n) is 6.40. The highest BCUT2D eigenvalue weighted by Gasteiger charge is 2.16. The fourth-order valence-corrected chi connectivity index (χ4v) is 2.96. The van der Waals surface area contributed by atoms with Crippen molar-refractivity contribution in [3.8, 4) is 0 Å². The first kappa shape index (κ1) is 13.0. The Morgan fingerprint density at radius 1 is 1.29 bits per heavy atom. The van der Waals surface area contributed by atoms with Crippen LogP contribution in [0.4, 0.5) is 0 Å². The van der Waals surface area contributed by atoms with Gasteiger partial charge in [0.1, 0.15) is 0 Å². The summed E-state index contributed by atoms with van der Waals surface area (Å²) in [6.45, 7) is 9.81. The Bertz CT molecular complexity index is 331. The number of likely N-dealkylation sites (N-methyl/N-ethyl adjacent to an activating group) is 1. The van der Waals surface area contributed by atoms with E-state index in [1.165, 1.54) is 30.3 Å². The molecule has 0 radical (unpaired) electrons. The van der Waals surface area contributed by atoms with Crippen LogP contribution in [0.25, 0.3) is 0 Å². The van der Waals surface area contributed by atoms with Gasteiger partial charge in [0.15, 0.2) is 0 Å². The second kappa shape index (κ2) is 6.44. The van der Waals surface area contributed by atoms with Crippen LogP contribution in [0.2, 0.25) is 0 Å². The lowest BCUT2D eigenvalue weighted by atomic mass is 10.3. The molecule has 1 aromatic rings. The minimum Gasteiger partial charge on any atom is -0.330 e. The number of rotatable bonds is 5. The molecular formula is C12H22N4S. The van der Waals surface area contributed by atoms with Crippen molar-refractivity contribution in [3.63, 3.8) is 0 Å². The number of aromatic nitrogens is 1. The van der Waals surface area contributed by atoms with Crippen LogP contribution < -0.4 is 5.73 Å². The smallest absolute Gasteiger partial charge is 0.0941 e. The molecule has 5 heteroatoms. The molecule has 1 aliphatic rings. The molecule has 0 saturated carbocycles. The zero-order valence-electron chi connectivity index (χ0n) is 10.6. The molecule has 17 heavy (non-hydrogen) atoms. The van der Waals surface area contributed by atoms with Crippen LogP contribution >= 0.6 is 11.3 Å². The number of hydrogen-bond acceptors (Lipinski definition) is 5. The van der Waals surface area contributed by atoms with E-state index in [0.717, 1.165) is 26.1 Å². The molecule has 0 atom stereocenters. The highest BCUT2D eigenvalue weighted by molar-refractivity contribution is 7.09. The van der Waals surface area contributed by atoms with Crippen LogP contribution in [-0.2, 0) is 13.0 Å². The number of nitrogens with two attached hydrogens (primary N) is 1. The van der Waals surface area contributed by atoms with Crippen molar-refractivity contribution < 1.29 is 0 Å². The van der Waals surface area contributed by atoms with Crippen molar-refractivity contribution in [2.75, 3.05) is 39.3 Å². The molecule has 0 unspecified atom stereocenters. The maximum absolute atomic E-state index is 5.54. The molecule has 2 heterocycles. The normalized spacial score (nSPS) is 18.7. The van der Waals surface area contributed by atoms with E-state index in [4.69, 9.17) is 5.73 Å². The maximum atomic E-state index is 5.54. The molecule has 0 aromatic carbocycles. The summed E-state index contributed by atoms with van der Waals surface area (Å²) in [6.07, 6.45) is 0.911. The molecule has 96 valence electrons. The molecule has 1 saturated heterocycles. The third-order valence-corrected chi connectivity index (χ3v) is 4.21. The molecule has 4 nitrogen and oxygen atoms in total. The van der Waals surface area contributed by atoms with Crippen LogP contribution in [0.3, 0.4) is 0 Å². The molecule has 0 bridgehead atoms. The minimum atomic E-state index is 0.697. The Morgan fingerprint density at radius 2 is 2.00 bits per heavy atom. The monoisotopic (exact) mass is 254 g/mol. The van der Waals surface area contributed by atoms with E-state index in [0.29, 0.717) is 6.54 Å². The van der Waals surface area contributed by atoms with E-state index in [1.54, 1.807) is 11.3 Å². The number of piperazine rings is 1. The second-order valence-corrected chi connectivity index (χ2v) is 5.42. The Balaban J connectivity index is 1.80. The summed E-state index contributed by atoms with van der Waals surface area (Å²) in [6, 6.07) is 0. The predicted octanol–water partition coefficient (Wildman–Crippen LogP) is 0.782. The van der Waals surface area contributed by atoms with Crippen molar-refractivity contribution in [1.29, 1.82) is 0 Å². The summed E-state index contributed by atoms with van der Waals surface area (Å²) in [5.74, 6) is 0. The molecule has 1 fully saturated rings. The van der Waals surface area contributed by atoms with E-state index in [-0.39, 0.29) is 0 Å². The van der Waals surface area contributed by atoms with Crippen LogP contribution in [-0.4, -0.2) is 54.1 Å². The number of nitrogens with zero attached hydrogens (tertiary/aromatic N) is 3. The van der Waals surface area contributed by atoms with E-state index in [9.17, 15) is 0 Å². The first-order chi connectivity index (χ1) is 8.31. The Morgan fingerprint density at radius 3 is 2.65 bits per heavy atom. The molecule has 2 rings (SSSR count). The topological polar surface area (TPSA) is 45.4 Å². The molecule has 0 spiro atoms. The van der Waals surface area contributed by atoms with Crippen molar-refractivity contribution in [3.05, 3.63) is 16.1 Å². The van der Waals surface area contributed by atoms with E-state index in [1.807, 2.05) is 0 Å². The molecule has 2 N–H and O–H groups in total. The highest BCUT2D eigenvalue weighted by Crippen LogP contribution is 2.13. The van der Waals surface area contributed by atoms with E-state index < -0.39 is 0 Å². The summed E-state index contributed by atoms with van der Waals surface area (Å²) in [7, 11) is 0. The minimum absolute atomic E-state index is 0.697. The maximum Gasteiger partial charge on any atom is 0.0941 e. The van der Waals surface area contributed by atoms with E-state index >= 15 is 0 Å². The highest BCUT2D eigenvalue weighted by atomic mass is 32.1. The number of hydrogen-bond donors (Lipinski definition) is 1. The molecular weight excluding hydrogens is 232 g/mol. The van der Waals surface area contributed by atoms with Gasteiger partial charge in [0, 0.05) is 44.5 Å². The third kappa shape index (κ3) is 3.74. The Labute approximate surface area is 107 Å². The zero-order valence-corrected chi connectivity index (χ0v) is 11.4. The second-order valence-electron chi connectivity index (χ2n) is 4.48. The lowest BCUT2D eigenvalue weighted by Crippen LogP contribution is -2.45. The van der Waals surface area contributed by atoms with Crippen molar-refractivity contribution in [1.82, 2.24) is 14.8 Å². The lowest BCUT2D eigenvalue weighted by Gasteiger charge is -2.33. The molecule has 1 aliphatic heterocycles. The van der Waals surface area contributed by atoms with Gasteiger partial charge in [-0.1, -0.05) is 6.92 Å². The summed E-state index contributed by atoms with van der Waals surface area (Å²) in [5, 5.41) is 3.35. The Hall–Kier alpha value is -0.490. The SMILES string of the molecule is CCN1CCN(Cc2csc(CCN)n2)CC1. The summed E-state index contributed by atoms with van der Waals surface area (Å²) in [5.41, 5.74) is 6.75. The third-order valence-electron chi connectivity index (χ3n) is 3.26. The van der Waals surface area contributed by atoms with Gasteiger partial charge in [-0.15, -0.1) is 11.3 Å². The summed E-state index contributed by atoms with van der Waals surface area (Å²) in [4.78, 5) is 9.61. The average Bonchev–Trinajstić information content (AvgIpc) is 2.78. The summed E-state index contributed by atoms with van der Waals surface area (Å²) >= 11 is 1.74. The van der Waals surface area contributed by atoms with Crippen molar-refractivity contribution >= 4 is 11.3 Å². The van der Waals surface area contributed by atoms with Gasteiger partial charge in [-0.3, -0.25) is 4.90 Å². The van der Waals surface area contributed by atoms with Gasteiger partial charge >= 0.3 is 0 Å². The lowest BCUT2D eigenvalue weighted by molar-refractivity contribution is 0.131. The zero-order chi connectivity index (χ0) is 12.1. The predicted molar refractivity (Wildman–Crippen MR) is 72.3 cm³/mol. The molecule has 0 amide bonds. The van der Waals surface area contributed by atoms with Crippen LogP contribution in [0.5, 0.6) is 0 Å². The molecule has 1 aromatic heterocycles. The van der Waals surface area contributed by atoms with E-state index in [2.05, 4.69) is 27.1 Å². The molecule has 0 aliphatic carbocycles. The summed E-state index contributed by atoms with van der Waals surface area (Å²) < 4.78 is 0. The Kier molecular flexibility index (Phi) is 4.91. The van der Waals surface area contributed by atoms with Gasteiger partial charge < -0.3 is 10.6 Å². The van der Waals surface area contributed by atoms with Crippen molar-refractivity contribution in [2.45, 2.75) is 19.9 Å². The number of thiazole rings is 1. The fourth-order valence-electron chi connectivity index (χ4n) is 2.15. The average molecular weight is 254 g/mol. The van der Waals surface area contributed by atoms with Gasteiger partial charge in [-0.2, -0.15) is 0 Å². The van der Waals surface area contributed by atoms with Crippen molar-refractivity contribution in [2.24, 2.45) is 5.73 Å². The standard InChI is InChI=1S/C12H22N4S/c1-2-15-5-7-16(8-6-15)9-11-10-17-12(14-11)3-4-13/h10H,2-9,13H2,1H3. The first-order valence-corrected chi connectivity index (χ1v) is 7.28. The van der Waals surface area contributed by atoms with Crippen LogP contribution in [0.1, 0.15) is 17.6 Å². The van der Waals surface area contributed by atoms with Gasteiger partial charge in [0.05, 0.1) is 10.7 Å². The van der Waals surface area contributed by atoms with Gasteiger partial charge in [0.25, 0.3) is 0 Å².